The second-order valence-corrected chi connectivity index (χ2v) is 15.6. The van der Waals surface area contributed by atoms with Crippen LogP contribution >= 0.6 is 0 Å². The van der Waals surface area contributed by atoms with Crippen molar-refractivity contribution >= 4 is 43.7 Å². The summed E-state index contributed by atoms with van der Waals surface area (Å²) in [6.45, 7) is 0. The van der Waals surface area contributed by atoms with Crippen LogP contribution in [0.4, 0.5) is 0 Å². The number of hydrogen-bond acceptors (Lipinski definition) is 4. The molecule has 0 bridgehead atoms. The van der Waals surface area contributed by atoms with Gasteiger partial charge in [-0.1, -0.05) is 164 Å². The summed E-state index contributed by atoms with van der Waals surface area (Å²) in [5, 5.41) is 4.34. The van der Waals surface area contributed by atoms with Crippen LogP contribution in [0.5, 0.6) is 0 Å². The summed E-state index contributed by atoms with van der Waals surface area (Å²) in [5.41, 5.74) is 14.6. The first kappa shape index (κ1) is 35.5. The van der Waals surface area contributed by atoms with Gasteiger partial charge < -0.3 is 8.98 Å². The maximum atomic E-state index is 6.61. The number of furan rings is 1. The molecule has 290 valence electrons. The predicted molar refractivity (Wildman–Crippen MR) is 254 cm³/mol. The van der Waals surface area contributed by atoms with Gasteiger partial charge in [-0.25, -0.2) is 15.0 Å². The molecule has 0 spiro atoms. The maximum Gasteiger partial charge on any atom is 0.164 e. The fourth-order valence-electron chi connectivity index (χ4n) is 8.76. The normalized spacial score (nSPS) is 11.5. The molecule has 0 radical (unpaired) electrons. The van der Waals surface area contributed by atoms with E-state index in [0.29, 0.717) is 17.5 Å². The van der Waals surface area contributed by atoms with Crippen molar-refractivity contribution < 1.29 is 4.42 Å². The highest BCUT2D eigenvalue weighted by Gasteiger charge is 2.19. The summed E-state index contributed by atoms with van der Waals surface area (Å²) in [6, 6.07) is 76.3. The van der Waals surface area contributed by atoms with Crippen molar-refractivity contribution in [2.45, 2.75) is 0 Å². The average Bonchev–Trinajstić information content (AvgIpc) is 3.88. The van der Waals surface area contributed by atoms with Gasteiger partial charge in [-0.05, 0) is 88.0 Å². The highest BCUT2D eigenvalue weighted by atomic mass is 16.3. The zero-order valence-electron chi connectivity index (χ0n) is 33.5. The predicted octanol–water partition coefficient (Wildman–Crippen LogP) is 14.9. The van der Waals surface area contributed by atoms with E-state index in [4.69, 9.17) is 19.4 Å². The largest absolute Gasteiger partial charge is 0.456 e. The molecule has 0 saturated heterocycles. The Bertz CT molecular complexity index is 3590. The number of para-hydroxylation sites is 1. The minimum atomic E-state index is 0.590. The van der Waals surface area contributed by atoms with Gasteiger partial charge in [-0.3, -0.25) is 0 Å². The molecule has 3 aromatic heterocycles. The van der Waals surface area contributed by atoms with Gasteiger partial charge in [-0.15, -0.1) is 0 Å². The van der Waals surface area contributed by atoms with Crippen LogP contribution in [-0.2, 0) is 0 Å². The van der Waals surface area contributed by atoms with Crippen molar-refractivity contribution in [3.05, 3.63) is 218 Å². The van der Waals surface area contributed by atoms with Crippen molar-refractivity contribution in [2.24, 2.45) is 0 Å². The molecule has 0 aliphatic heterocycles. The van der Waals surface area contributed by atoms with Gasteiger partial charge in [-0.2, -0.15) is 0 Å². The standard InChI is InChI=1S/C57H36N4O/c1-4-13-37(14-5-1)40-23-25-42(26-24-40)55-58-56(44-20-12-19-43(33-44)39-17-8-3-9-18-39)60-57(59-55)45-29-32-53-49(34-45)50-35-52-48(36-54(50)62-53)47-21-10-11-22-51(47)61(52)46-30-27-41(28-31-46)38-15-6-2-7-16-38/h1-36H. The second-order valence-electron chi connectivity index (χ2n) is 15.6. The summed E-state index contributed by atoms with van der Waals surface area (Å²) >= 11 is 0. The Morgan fingerprint density at radius 2 is 0.742 bits per heavy atom. The minimum Gasteiger partial charge on any atom is -0.456 e. The fourth-order valence-corrected chi connectivity index (χ4v) is 8.76. The van der Waals surface area contributed by atoms with Crippen LogP contribution in [0.25, 0.3) is 117 Å². The molecule has 0 saturated carbocycles. The lowest BCUT2D eigenvalue weighted by atomic mass is 10.0. The Morgan fingerprint density at radius 1 is 0.274 bits per heavy atom. The molecule has 0 atom stereocenters. The van der Waals surface area contributed by atoms with E-state index in [0.717, 1.165) is 83.0 Å². The molecule has 0 aliphatic rings. The number of hydrogen-bond donors (Lipinski definition) is 0. The topological polar surface area (TPSA) is 56.7 Å². The van der Waals surface area contributed by atoms with Gasteiger partial charge in [0.2, 0.25) is 0 Å². The molecule has 5 nitrogen and oxygen atoms in total. The molecule has 0 amide bonds. The third-order valence-corrected chi connectivity index (χ3v) is 11.9. The van der Waals surface area contributed by atoms with Gasteiger partial charge >= 0.3 is 0 Å². The van der Waals surface area contributed by atoms with E-state index in [-0.39, 0.29) is 0 Å². The quantitative estimate of drug-likeness (QED) is 0.161. The van der Waals surface area contributed by atoms with E-state index < -0.39 is 0 Å². The Balaban J connectivity index is 1.01. The highest BCUT2D eigenvalue weighted by Crippen LogP contribution is 2.40. The molecule has 12 rings (SSSR count). The molecule has 12 aromatic rings. The van der Waals surface area contributed by atoms with Gasteiger partial charge in [0, 0.05) is 43.9 Å². The van der Waals surface area contributed by atoms with Gasteiger partial charge in [0.25, 0.3) is 0 Å². The van der Waals surface area contributed by atoms with E-state index in [1.54, 1.807) is 0 Å². The van der Waals surface area contributed by atoms with Crippen LogP contribution in [0.2, 0.25) is 0 Å². The third kappa shape index (κ3) is 6.23. The van der Waals surface area contributed by atoms with Crippen molar-refractivity contribution in [3.63, 3.8) is 0 Å². The van der Waals surface area contributed by atoms with Gasteiger partial charge in [0.1, 0.15) is 11.2 Å². The molecule has 0 aliphatic carbocycles. The SMILES string of the molecule is c1ccc(-c2ccc(-c3nc(-c4cccc(-c5ccccc5)c4)nc(-c4ccc5oc6cc7c8ccccc8n(-c8ccc(-c9ccccc9)cc8)c7cc6c5c4)n3)cc2)cc1. The lowest BCUT2D eigenvalue weighted by molar-refractivity contribution is 0.669. The second kappa shape index (κ2) is 14.7. The third-order valence-electron chi connectivity index (χ3n) is 11.9. The summed E-state index contributed by atoms with van der Waals surface area (Å²) in [7, 11) is 0. The molecule has 0 N–H and O–H groups in total. The average molecular weight is 793 g/mol. The molecule has 5 heteroatoms. The number of nitrogens with zero attached hydrogens (tertiary/aromatic N) is 4. The monoisotopic (exact) mass is 792 g/mol. The molecular formula is C57H36N4O. The Labute approximate surface area is 357 Å². The van der Waals surface area contributed by atoms with Crippen LogP contribution in [0, 0.1) is 0 Å². The fraction of sp³-hybridized carbons (Fsp3) is 0. The van der Waals surface area contributed by atoms with Crippen molar-refractivity contribution in [2.75, 3.05) is 0 Å². The van der Waals surface area contributed by atoms with E-state index >= 15 is 0 Å². The van der Waals surface area contributed by atoms with Crippen LogP contribution in [-0.4, -0.2) is 19.5 Å². The number of aromatic nitrogens is 4. The van der Waals surface area contributed by atoms with E-state index in [1.807, 2.05) is 18.2 Å². The van der Waals surface area contributed by atoms with Crippen LogP contribution in [0.15, 0.2) is 223 Å². The molecule has 0 unspecified atom stereocenters. The number of benzene rings is 9. The lowest BCUT2D eigenvalue weighted by Crippen LogP contribution is -2.00. The molecule has 9 aromatic carbocycles. The molecular weight excluding hydrogens is 757 g/mol. The number of fused-ring (bicyclic) bond motifs is 6. The maximum absolute atomic E-state index is 6.61. The first-order chi connectivity index (χ1) is 30.7. The summed E-state index contributed by atoms with van der Waals surface area (Å²) < 4.78 is 8.97. The smallest absolute Gasteiger partial charge is 0.164 e. The van der Waals surface area contributed by atoms with E-state index in [1.165, 1.54) is 16.5 Å². The first-order valence-electron chi connectivity index (χ1n) is 20.8. The summed E-state index contributed by atoms with van der Waals surface area (Å²) in [5.74, 6) is 1.81. The highest BCUT2D eigenvalue weighted by molar-refractivity contribution is 6.17. The van der Waals surface area contributed by atoms with Gasteiger partial charge in [0.15, 0.2) is 17.5 Å². The van der Waals surface area contributed by atoms with Crippen LogP contribution < -0.4 is 0 Å². The first-order valence-corrected chi connectivity index (χ1v) is 20.8. The van der Waals surface area contributed by atoms with Crippen molar-refractivity contribution in [1.82, 2.24) is 19.5 Å². The Hall–Kier alpha value is -8.41. The summed E-state index contributed by atoms with van der Waals surface area (Å²) in [6.07, 6.45) is 0. The molecule has 62 heavy (non-hydrogen) atoms. The van der Waals surface area contributed by atoms with Crippen LogP contribution in [0.3, 0.4) is 0 Å². The van der Waals surface area contributed by atoms with Crippen LogP contribution in [0.1, 0.15) is 0 Å². The molecule has 0 fully saturated rings. The Kier molecular flexibility index (Phi) is 8.42. The summed E-state index contributed by atoms with van der Waals surface area (Å²) in [4.78, 5) is 15.4. The Morgan fingerprint density at radius 3 is 1.40 bits per heavy atom. The molecule has 3 heterocycles. The zero-order chi connectivity index (χ0) is 41.0. The van der Waals surface area contributed by atoms with E-state index in [9.17, 15) is 0 Å². The number of rotatable bonds is 7. The minimum absolute atomic E-state index is 0.590. The van der Waals surface area contributed by atoms with Gasteiger partial charge in [0.05, 0.1) is 11.0 Å². The zero-order valence-corrected chi connectivity index (χ0v) is 33.5. The van der Waals surface area contributed by atoms with E-state index in [2.05, 4.69) is 205 Å². The lowest BCUT2D eigenvalue weighted by Gasteiger charge is -2.10. The van der Waals surface area contributed by atoms with Crippen molar-refractivity contribution in [3.8, 4) is 73.2 Å². The van der Waals surface area contributed by atoms with Crippen molar-refractivity contribution in [1.29, 1.82) is 0 Å².